The molecule has 5 heteroatoms. The summed E-state index contributed by atoms with van der Waals surface area (Å²) < 4.78 is 0. The van der Waals surface area contributed by atoms with E-state index >= 15 is 0 Å². The molecule has 3 heterocycles. The minimum Gasteiger partial charge on any atom is -0.314 e. The molecule has 0 bridgehead atoms. The molecule has 3 nitrogen and oxygen atoms in total. The molecule has 94 valence electrons. The molecular weight excluding hydrogens is 254 g/mol. The van der Waals surface area contributed by atoms with Crippen molar-refractivity contribution in [3.05, 3.63) is 21.3 Å². The largest absolute Gasteiger partial charge is 0.314 e. The Kier molecular flexibility index (Phi) is 3.68. The summed E-state index contributed by atoms with van der Waals surface area (Å²) in [5.74, 6) is 0. The fourth-order valence-corrected chi connectivity index (χ4v) is 3.59. The average molecular weight is 272 g/mol. The molecule has 0 radical (unpaired) electrons. The maximum absolute atomic E-state index is 5.95. The first-order chi connectivity index (χ1) is 8.31. The second kappa shape index (κ2) is 5.24. The van der Waals surface area contributed by atoms with Gasteiger partial charge in [0, 0.05) is 62.1 Å². The minimum atomic E-state index is 0.799. The lowest BCUT2D eigenvalue weighted by Gasteiger charge is -2.43. The summed E-state index contributed by atoms with van der Waals surface area (Å²) in [7, 11) is 0. The molecule has 0 spiro atoms. The molecule has 0 amide bonds. The topological polar surface area (TPSA) is 18.5 Å². The lowest BCUT2D eigenvalue weighted by atomic mass is 10.1. The van der Waals surface area contributed by atoms with E-state index in [9.17, 15) is 0 Å². The number of hydrogen-bond acceptors (Lipinski definition) is 4. The Bertz CT molecular complexity index is 370. The minimum absolute atomic E-state index is 0.799. The molecule has 1 aromatic heterocycles. The van der Waals surface area contributed by atoms with Crippen molar-refractivity contribution in [2.45, 2.75) is 12.6 Å². The first kappa shape index (κ1) is 11.9. The molecule has 17 heavy (non-hydrogen) atoms. The lowest BCUT2D eigenvalue weighted by molar-refractivity contribution is 0.0700. The second-order valence-corrected chi connectivity index (χ2v) is 6.29. The maximum atomic E-state index is 5.95. The highest BCUT2D eigenvalue weighted by molar-refractivity contribution is 7.10. The van der Waals surface area contributed by atoms with Crippen LogP contribution in [0.4, 0.5) is 0 Å². The van der Waals surface area contributed by atoms with Crippen molar-refractivity contribution >= 4 is 22.9 Å². The normalized spacial score (nSPS) is 23.8. The summed E-state index contributed by atoms with van der Waals surface area (Å²) in [6, 6.07) is 2.89. The zero-order valence-electron chi connectivity index (χ0n) is 9.86. The van der Waals surface area contributed by atoms with Gasteiger partial charge in [-0.2, -0.15) is 0 Å². The van der Waals surface area contributed by atoms with E-state index < -0.39 is 0 Å². The smallest absolute Gasteiger partial charge is 0.0516 e. The van der Waals surface area contributed by atoms with E-state index in [4.69, 9.17) is 11.6 Å². The summed E-state index contributed by atoms with van der Waals surface area (Å²) in [5, 5.41) is 6.24. The van der Waals surface area contributed by atoms with Gasteiger partial charge in [-0.1, -0.05) is 11.6 Å². The van der Waals surface area contributed by atoms with E-state index in [1.165, 1.54) is 44.1 Å². The van der Waals surface area contributed by atoms with Gasteiger partial charge in [-0.25, -0.2) is 0 Å². The molecule has 1 N–H and O–H groups in total. The molecular formula is C12H18ClN3S. The van der Waals surface area contributed by atoms with Crippen molar-refractivity contribution in [3.8, 4) is 0 Å². The van der Waals surface area contributed by atoms with Crippen LogP contribution in [-0.2, 0) is 6.54 Å². The molecule has 2 aliphatic rings. The van der Waals surface area contributed by atoms with Crippen LogP contribution < -0.4 is 5.32 Å². The van der Waals surface area contributed by atoms with Crippen LogP contribution in [0.3, 0.4) is 0 Å². The summed E-state index contributed by atoms with van der Waals surface area (Å²) >= 11 is 7.71. The van der Waals surface area contributed by atoms with E-state index in [0.717, 1.165) is 17.6 Å². The van der Waals surface area contributed by atoms with Gasteiger partial charge in [-0.3, -0.25) is 9.80 Å². The van der Waals surface area contributed by atoms with E-state index in [1.807, 2.05) is 5.38 Å². The summed E-state index contributed by atoms with van der Waals surface area (Å²) in [6.45, 7) is 8.23. The van der Waals surface area contributed by atoms with Crippen molar-refractivity contribution in [1.29, 1.82) is 0 Å². The Morgan fingerprint density at radius 2 is 2.06 bits per heavy atom. The first-order valence-electron chi connectivity index (χ1n) is 6.21. The number of nitrogens with one attached hydrogen (secondary N) is 1. The third-order valence-electron chi connectivity index (χ3n) is 3.68. The number of piperazine rings is 1. The Balaban J connectivity index is 1.47. The molecule has 0 unspecified atom stereocenters. The van der Waals surface area contributed by atoms with E-state index in [-0.39, 0.29) is 0 Å². The number of nitrogens with zero attached hydrogens (tertiary/aromatic N) is 2. The lowest BCUT2D eigenvalue weighted by Crippen LogP contribution is -2.61. The predicted octanol–water partition coefficient (Wildman–Crippen LogP) is 1.49. The van der Waals surface area contributed by atoms with Gasteiger partial charge in [0.1, 0.15) is 0 Å². The van der Waals surface area contributed by atoms with Crippen LogP contribution in [0.2, 0.25) is 5.02 Å². The van der Waals surface area contributed by atoms with E-state index in [1.54, 1.807) is 11.3 Å². The summed E-state index contributed by atoms with van der Waals surface area (Å²) in [5.41, 5.74) is 0. The van der Waals surface area contributed by atoms with Crippen molar-refractivity contribution in [1.82, 2.24) is 15.1 Å². The summed E-state index contributed by atoms with van der Waals surface area (Å²) in [6.07, 6.45) is 0. The second-order valence-electron chi connectivity index (χ2n) is 4.86. The molecule has 2 saturated heterocycles. The van der Waals surface area contributed by atoms with Gasteiger partial charge in [0.25, 0.3) is 0 Å². The van der Waals surface area contributed by atoms with E-state index in [2.05, 4.69) is 21.2 Å². The number of halogens is 1. The monoisotopic (exact) mass is 271 g/mol. The van der Waals surface area contributed by atoms with Crippen LogP contribution in [0.15, 0.2) is 11.4 Å². The van der Waals surface area contributed by atoms with Crippen molar-refractivity contribution in [3.63, 3.8) is 0 Å². The van der Waals surface area contributed by atoms with Crippen molar-refractivity contribution in [2.75, 3.05) is 39.3 Å². The third kappa shape index (κ3) is 2.83. The molecule has 2 fully saturated rings. The number of rotatable bonds is 3. The standard InChI is InChI=1S/C12H18ClN3S/c13-10-5-12(17-9-10)8-15-1-3-16(4-2-15)11-6-14-7-11/h5,9,11,14H,1-4,6-8H2. The molecule has 2 aliphatic heterocycles. The van der Waals surface area contributed by atoms with Crippen molar-refractivity contribution in [2.24, 2.45) is 0 Å². The van der Waals surface area contributed by atoms with Crippen LogP contribution >= 0.6 is 22.9 Å². The van der Waals surface area contributed by atoms with Gasteiger partial charge in [-0.05, 0) is 6.07 Å². The van der Waals surface area contributed by atoms with Crippen LogP contribution in [-0.4, -0.2) is 55.1 Å². The first-order valence-corrected chi connectivity index (χ1v) is 7.47. The van der Waals surface area contributed by atoms with Crippen molar-refractivity contribution < 1.29 is 0 Å². The SMILES string of the molecule is Clc1csc(CN2CCN(C3CNC3)CC2)c1. The van der Waals surface area contributed by atoms with Crippen LogP contribution in [0.25, 0.3) is 0 Å². The molecule has 3 rings (SSSR count). The highest BCUT2D eigenvalue weighted by Gasteiger charge is 2.27. The average Bonchev–Trinajstić information content (AvgIpc) is 2.64. The molecule has 1 aromatic rings. The van der Waals surface area contributed by atoms with Crippen LogP contribution in [0.1, 0.15) is 4.88 Å². The molecule has 0 atom stereocenters. The fraction of sp³-hybridized carbons (Fsp3) is 0.667. The molecule has 0 aromatic carbocycles. The Hall–Kier alpha value is -0.130. The quantitative estimate of drug-likeness (QED) is 0.899. The predicted molar refractivity (Wildman–Crippen MR) is 72.8 cm³/mol. The Morgan fingerprint density at radius 1 is 1.29 bits per heavy atom. The Morgan fingerprint density at radius 3 is 2.59 bits per heavy atom. The Labute approximate surface area is 111 Å². The van der Waals surface area contributed by atoms with E-state index in [0.29, 0.717) is 0 Å². The van der Waals surface area contributed by atoms with Gasteiger partial charge in [0.15, 0.2) is 0 Å². The summed E-state index contributed by atoms with van der Waals surface area (Å²) in [4.78, 5) is 6.54. The van der Waals surface area contributed by atoms with Gasteiger partial charge in [0.05, 0.1) is 5.02 Å². The van der Waals surface area contributed by atoms with Gasteiger partial charge >= 0.3 is 0 Å². The number of thiophene rings is 1. The molecule has 0 saturated carbocycles. The highest BCUT2D eigenvalue weighted by Crippen LogP contribution is 2.21. The van der Waals surface area contributed by atoms with Crippen LogP contribution in [0.5, 0.6) is 0 Å². The zero-order valence-corrected chi connectivity index (χ0v) is 11.4. The van der Waals surface area contributed by atoms with Crippen LogP contribution in [0, 0.1) is 0 Å². The highest BCUT2D eigenvalue weighted by atomic mass is 35.5. The molecule has 0 aliphatic carbocycles. The zero-order chi connectivity index (χ0) is 11.7. The van der Waals surface area contributed by atoms with Gasteiger partial charge < -0.3 is 5.32 Å². The fourth-order valence-electron chi connectivity index (χ4n) is 2.48. The number of hydrogen-bond donors (Lipinski definition) is 1. The third-order valence-corrected chi connectivity index (χ3v) is 4.95. The van der Waals surface area contributed by atoms with Gasteiger partial charge in [-0.15, -0.1) is 11.3 Å². The van der Waals surface area contributed by atoms with Gasteiger partial charge in [0.2, 0.25) is 0 Å². The maximum Gasteiger partial charge on any atom is 0.0516 e.